The first kappa shape index (κ1) is 13.8. The lowest BCUT2D eigenvalue weighted by Gasteiger charge is -2.20. The van der Waals surface area contributed by atoms with Crippen LogP contribution in [0.4, 0.5) is 5.69 Å². The molecule has 1 aliphatic heterocycles. The Labute approximate surface area is 116 Å². The van der Waals surface area contributed by atoms with Crippen LogP contribution in [-0.4, -0.2) is 42.9 Å². The molecule has 1 amide bonds. The highest BCUT2D eigenvalue weighted by atomic mass is 16.5. The van der Waals surface area contributed by atoms with Crippen LogP contribution in [0.3, 0.4) is 0 Å². The zero-order valence-electron chi connectivity index (χ0n) is 11.2. The molecule has 104 valence electrons. The largest absolute Gasteiger partial charge is 0.465 e. The lowest BCUT2D eigenvalue weighted by atomic mass is 10.1. The number of hydrogen-bond acceptors (Lipinski definition) is 5. The van der Waals surface area contributed by atoms with Gasteiger partial charge in [0.1, 0.15) is 12.0 Å². The molecule has 1 heterocycles. The van der Waals surface area contributed by atoms with Crippen LogP contribution in [0.5, 0.6) is 0 Å². The summed E-state index contributed by atoms with van der Waals surface area (Å²) in [5.41, 5.74) is 1.24. The zero-order valence-corrected chi connectivity index (χ0v) is 11.2. The number of esters is 1. The standard InChI is InChI=1S/C14H14N2O4/c1-16-7-9-5-3-4-6-11(9)15-12(13(16)18)10(8-17)14(19)20-2/h3-6,12,15H,7H2,1-2H3. The molecule has 1 atom stereocenters. The molecule has 0 bridgehead atoms. The lowest BCUT2D eigenvalue weighted by molar-refractivity contribution is -0.138. The van der Waals surface area contributed by atoms with Crippen molar-refractivity contribution in [3.63, 3.8) is 0 Å². The van der Waals surface area contributed by atoms with Gasteiger partial charge in [0.05, 0.1) is 7.11 Å². The van der Waals surface area contributed by atoms with Crippen molar-refractivity contribution in [1.82, 2.24) is 4.90 Å². The molecule has 0 saturated heterocycles. The molecule has 1 aliphatic rings. The summed E-state index contributed by atoms with van der Waals surface area (Å²) >= 11 is 0. The Morgan fingerprint density at radius 2 is 2.15 bits per heavy atom. The third-order valence-electron chi connectivity index (χ3n) is 3.15. The molecule has 2 rings (SSSR count). The van der Waals surface area contributed by atoms with Gasteiger partial charge in [-0.05, 0) is 11.6 Å². The van der Waals surface area contributed by atoms with Crippen molar-refractivity contribution in [2.24, 2.45) is 0 Å². The maximum Gasteiger partial charge on any atom is 0.347 e. The fourth-order valence-corrected chi connectivity index (χ4v) is 2.09. The number of likely N-dealkylation sites (N-methyl/N-ethyl adjacent to an activating group) is 1. The molecule has 0 aliphatic carbocycles. The minimum absolute atomic E-state index is 0.360. The number of nitrogens with zero attached hydrogens (tertiary/aromatic N) is 1. The Morgan fingerprint density at radius 3 is 2.80 bits per heavy atom. The number of carbonyl (C=O) groups excluding carboxylic acids is 3. The van der Waals surface area contributed by atoms with Crippen molar-refractivity contribution < 1.29 is 19.1 Å². The van der Waals surface area contributed by atoms with E-state index in [9.17, 15) is 14.4 Å². The van der Waals surface area contributed by atoms with Gasteiger partial charge in [0.2, 0.25) is 0 Å². The van der Waals surface area contributed by atoms with E-state index in [2.05, 4.69) is 10.1 Å². The van der Waals surface area contributed by atoms with Crippen LogP contribution in [0.25, 0.3) is 0 Å². The van der Waals surface area contributed by atoms with Crippen LogP contribution < -0.4 is 5.32 Å². The molecule has 0 radical (unpaired) electrons. The van der Waals surface area contributed by atoms with Crippen LogP contribution in [0, 0.1) is 0 Å². The van der Waals surface area contributed by atoms with E-state index in [-0.39, 0.29) is 11.5 Å². The summed E-state index contributed by atoms with van der Waals surface area (Å²) in [7, 11) is 2.76. The van der Waals surface area contributed by atoms with Crippen molar-refractivity contribution in [2.45, 2.75) is 12.6 Å². The lowest BCUT2D eigenvalue weighted by Crippen LogP contribution is -2.41. The second-order valence-corrected chi connectivity index (χ2v) is 4.44. The Balaban J connectivity index is 2.45. The van der Waals surface area contributed by atoms with E-state index >= 15 is 0 Å². The van der Waals surface area contributed by atoms with Crippen molar-refractivity contribution in [1.29, 1.82) is 0 Å². The Kier molecular flexibility index (Phi) is 3.86. The molecule has 1 aromatic carbocycles. The molecular weight excluding hydrogens is 260 g/mol. The van der Waals surface area contributed by atoms with E-state index in [1.807, 2.05) is 12.1 Å². The fraction of sp³-hybridized carbons (Fsp3) is 0.286. The topological polar surface area (TPSA) is 75.7 Å². The molecule has 20 heavy (non-hydrogen) atoms. The average molecular weight is 274 g/mol. The fourth-order valence-electron chi connectivity index (χ4n) is 2.09. The number of para-hydroxylation sites is 1. The van der Waals surface area contributed by atoms with E-state index in [4.69, 9.17) is 0 Å². The molecular formula is C14H14N2O4. The average Bonchev–Trinajstić information content (AvgIpc) is 2.58. The number of anilines is 1. The van der Waals surface area contributed by atoms with Gasteiger partial charge in [-0.25, -0.2) is 9.59 Å². The van der Waals surface area contributed by atoms with Crippen molar-refractivity contribution in [3.05, 3.63) is 35.4 Å². The minimum atomic E-state index is -1.09. The zero-order chi connectivity index (χ0) is 14.7. The number of nitrogens with one attached hydrogen (secondary N) is 1. The van der Waals surface area contributed by atoms with E-state index < -0.39 is 12.0 Å². The SMILES string of the molecule is COC(=O)C(=C=O)C1Nc2ccccc2CN(C)C1=O. The number of ether oxygens (including phenoxy) is 1. The second kappa shape index (κ2) is 5.59. The predicted octanol–water partition coefficient (Wildman–Crippen LogP) is 0.370. The van der Waals surface area contributed by atoms with E-state index in [1.54, 1.807) is 19.2 Å². The molecule has 1 N–H and O–H groups in total. The maximum absolute atomic E-state index is 12.3. The van der Waals surface area contributed by atoms with E-state index in [0.717, 1.165) is 12.7 Å². The number of hydrogen-bond donors (Lipinski definition) is 1. The van der Waals surface area contributed by atoms with Gasteiger partial charge in [-0.15, -0.1) is 0 Å². The van der Waals surface area contributed by atoms with Crippen LogP contribution in [0.2, 0.25) is 0 Å². The van der Waals surface area contributed by atoms with Gasteiger partial charge in [0.15, 0.2) is 5.57 Å². The molecule has 6 heteroatoms. The first-order valence-electron chi connectivity index (χ1n) is 6.01. The van der Waals surface area contributed by atoms with Gasteiger partial charge < -0.3 is 15.0 Å². The summed E-state index contributed by atoms with van der Waals surface area (Å²) in [5.74, 6) is 0.267. The first-order chi connectivity index (χ1) is 9.58. The molecule has 1 unspecified atom stereocenters. The van der Waals surface area contributed by atoms with Crippen molar-refractivity contribution >= 4 is 23.5 Å². The van der Waals surface area contributed by atoms with Gasteiger partial charge in [-0.3, -0.25) is 4.79 Å². The normalized spacial score (nSPS) is 17.4. The summed E-state index contributed by atoms with van der Waals surface area (Å²) in [4.78, 5) is 36.3. The number of fused-ring (bicyclic) bond motifs is 1. The number of amides is 1. The number of rotatable bonds is 2. The molecule has 0 saturated carbocycles. The van der Waals surface area contributed by atoms with E-state index in [1.165, 1.54) is 10.8 Å². The first-order valence-corrected chi connectivity index (χ1v) is 6.01. The van der Waals surface area contributed by atoms with Gasteiger partial charge in [-0.2, -0.15) is 0 Å². The Morgan fingerprint density at radius 1 is 1.45 bits per heavy atom. The predicted molar refractivity (Wildman–Crippen MR) is 71.5 cm³/mol. The summed E-state index contributed by atoms with van der Waals surface area (Å²) in [6, 6.07) is 6.23. The summed E-state index contributed by atoms with van der Waals surface area (Å²) in [5, 5.41) is 2.91. The van der Waals surface area contributed by atoms with Crippen molar-refractivity contribution in [3.8, 4) is 0 Å². The summed E-state index contributed by atoms with van der Waals surface area (Å²) in [6.07, 6.45) is 0. The second-order valence-electron chi connectivity index (χ2n) is 4.44. The van der Waals surface area contributed by atoms with Crippen LogP contribution in [-0.2, 0) is 25.7 Å². The number of methoxy groups -OCH3 is 1. The maximum atomic E-state index is 12.3. The molecule has 0 spiro atoms. The summed E-state index contributed by atoms with van der Waals surface area (Å²) in [6.45, 7) is 0.395. The molecule has 6 nitrogen and oxygen atoms in total. The quantitative estimate of drug-likeness (QED) is 0.479. The third kappa shape index (κ3) is 2.41. The monoisotopic (exact) mass is 274 g/mol. The summed E-state index contributed by atoms with van der Waals surface area (Å²) < 4.78 is 4.52. The third-order valence-corrected chi connectivity index (χ3v) is 3.15. The smallest absolute Gasteiger partial charge is 0.347 e. The van der Waals surface area contributed by atoms with Crippen LogP contribution in [0.15, 0.2) is 29.8 Å². The minimum Gasteiger partial charge on any atom is -0.465 e. The molecule has 0 fully saturated rings. The highest BCUT2D eigenvalue weighted by Crippen LogP contribution is 2.24. The number of benzene rings is 1. The van der Waals surface area contributed by atoms with Gasteiger partial charge in [-0.1, -0.05) is 18.2 Å². The van der Waals surface area contributed by atoms with Gasteiger partial charge >= 0.3 is 5.97 Å². The Hall–Kier alpha value is -2.59. The molecule has 1 aromatic rings. The van der Waals surface area contributed by atoms with Gasteiger partial charge in [0.25, 0.3) is 5.91 Å². The Bertz CT molecular complexity index is 605. The van der Waals surface area contributed by atoms with Crippen molar-refractivity contribution in [2.75, 3.05) is 19.5 Å². The van der Waals surface area contributed by atoms with E-state index in [0.29, 0.717) is 12.2 Å². The van der Waals surface area contributed by atoms with Crippen LogP contribution >= 0.6 is 0 Å². The number of carbonyl (C=O) groups is 2. The highest BCUT2D eigenvalue weighted by Gasteiger charge is 2.34. The highest BCUT2D eigenvalue weighted by molar-refractivity contribution is 6.07. The van der Waals surface area contributed by atoms with Crippen LogP contribution in [0.1, 0.15) is 5.56 Å². The van der Waals surface area contributed by atoms with Gasteiger partial charge in [0, 0.05) is 19.3 Å². The molecule has 0 aromatic heterocycles.